The Kier molecular flexibility index (Phi) is 6.41. The summed E-state index contributed by atoms with van der Waals surface area (Å²) in [6.45, 7) is 0.621. The van der Waals surface area contributed by atoms with Crippen molar-refractivity contribution in [2.24, 2.45) is 5.73 Å². The molecule has 12 heteroatoms. The van der Waals surface area contributed by atoms with Gasteiger partial charge >= 0.3 is 0 Å². The minimum Gasteiger partial charge on any atom is -0.378 e. The number of piperidine rings is 1. The summed E-state index contributed by atoms with van der Waals surface area (Å²) in [6.07, 6.45) is 4.63. The summed E-state index contributed by atoms with van der Waals surface area (Å²) < 4.78 is 15.1. The molecular formula is C22H19FN10O. The van der Waals surface area contributed by atoms with Gasteiger partial charge in [0.1, 0.15) is 29.9 Å². The Morgan fingerprint density at radius 3 is 2.44 bits per heavy atom. The number of rotatable bonds is 6. The Hall–Kier alpha value is -4.84. The van der Waals surface area contributed by atoms with Crippen LogP contribution in [-0.4, -0.2) is 51.1 Å². The third-order valence-electron chi connectivity index (χ3n) is 5.27. The largest absolute Gasteiger partial charge is 0.378 e. The number of hydrogen-bond acceptors (Lipinski definition) is 10. The van der Waals surface area contributed by atoms with E-state index < -0.39 is 18.1 Å². The lowest BCUT2D eigenvalue weighted by atomic mass is 10.0. The molecule has 2 atom stereocenters. The maximum atomic E-state index is 15.1. The molecule has 0 aliphatic carbocycles. The SMILES string of the molecule is N#Cc1ccc(N2CC[C@@H](Nc3cc(Nc4ncc(C#N)cn4)ncc3C(N)=O)[C@@H](F)C2)nc1. The van der Waals surface area contributed by atoms with Crippen molar-refractivity contribution in [2.75, 3.05) is 28.6 Å². The number of carbonyl (C=O) groups excluding carboxylic acids is 1. The van der Waals surface area contributed by atoms with Crippen LogP contribution in [-0.2, 0) is 0 Å². The third-order valence-corrected chi connectivity index (χ3v) is 5.27. The van der Waals surface area contributed by atoms with Gasteiger partial charge in [-0.1, -0.05) is 0 Å². The van der Waals surface area contributed by atoms with E-state index in [1.165, 1.54) is 30.9 Å². The molecule has 3 aromatic heterocycles. The van der Waals surface area contributed by atoms with Gasteiger partial charge in [-0.3, -0.25) is 4.79 Å². The first kappa shape index (κ1) is 22.4. The number of halogens is 1. The van der Waals surface area contributed by atoms with Gasteiger partial charge in [0.15, 0.2) is 0 Å². The van der Waals surface area contributed by atoms with Crippen LogP contribution in [0, 0.1) is 22.7 Å². The van der Waals surface area contributed by atoms with Gasteiger partial charge in [0.2, 0.25) is 5.95 Å². The van der Waals surface area contributed by atoms with Crippen LogP contribution in [0.15, 0.2) is 43.0 Å². The van der Waals surface area contributed by atoms with Crippen LogP contribution >= 0.6 is 0 Å². The van der Waals surface area contributed by atoms with Crippen molar-refractivity contribution in [2.45, 2.75) is 18.6 Å². The molecule has 0 saturated carbocycles. The summed E-state index contributed by atoms with van der Waals surface area (Å²) in [7, 11) is 0. The Labute approximate surface area is 194 Å². The molecule has 11 nitrogen and oxygen atoms in total. The van der Waals surface area contributed by atoms with Gasteiger partial charge in [-0.05, 0) is 18.6 Å². The van der Waals surface area contributed by atoms with E-state index in [1.807, 2.05) is 12.1 Å². The van der Waals surface area contributed by atoms with Gasteiger partial charge in [0.25, 0.3) is 5.91 Å². The number of alkyl halides is 1. The molecule has 0 bridgehead atoms. The molecule has 1 aliphatic rings. The van der Waals surface area contributed by atoms with Crippen molar-refractivity contribution in [3.8, 4) is 12.1 Å². The predicted octanol–water partition coefficient (Wildman–Crippen LogP) is 1.88. The minimum absolute atomic E-state index is 0.0950. The highest BCUT2D eigenvalue weighted by molar-refractivity contribution is 5.98. The highest BCUT2D eigenvalue weighted by Gasteiger charge is 2.30. The lowest BCUT2D eigenvalue weighted by molar-refractivity contribution is 0.100. The van der Waals surface area contributed by atoms with Gasteiger partial charge in [-0.2, -0.15) is 10.5 Å². The number of nitrogens with zero attached hydrogens (tertiary/aromatic N) is 7. The van der Waals surface area contributed by atoms with Crippen LogP contribution in [0.1, 0.15) is 27.9 Å². The first-order valence-electron chi connectivity index (χ1n) is 10.3. The van der Waals surface area contributed by atoms with E-state index in [4.69, 9.17) is 16.3 Å². The summed E-state index contributed by atoms with van der Waals surface area (Å²) in [5.41, 5.74) is 6.67. The molecule has 0 unspecified atom stereocenters. The zero-order chi connectivity index (χ0) is 24.1. The van der Waals surface area contributed by atoms with E-state index in [2.05, 4.69) is 30.6 Å². The van der Waals surface area contributed by atoms with Crippen molar-refractivity contribution in [1.82, 2.24) is 19.9 Å². The molecule has 0 radical (unpaired) electrons. The minimum atomic E-state index is -1.27. The summed E-state index contributed by atoms with van der Waals surface area (Å²) in [5.74, 6) is 0.407. The molecule has 1 saturated heterocycles. The van der Waals surface area contributed by atoms with Crippen LogP contribution in [0.3, 0.4) is 0 Å². The first-order valence-corrected chi connectivity index (χ1v) is 10.3. The van der Waals surface area contributed by atoms with E-state index in [0.29, 0.717) is 41.4 Å². The molecule has 4 heterocycles. The van der Waals surface area contributed by atoms with Crippen LogP contribution < -0.4 is 21.3 Å². The maximum Gasteiger partial charge on any atom is 0.252 e. The molecule has 0 aromatic carbocycles. The number of hydrogen-bond donors (Lipinski definition) is 3. The average Bonchev–Trinajstić information content (AvgIpc) is 2.86. The number of nitrogens with one attached hydrogen (secondary N) is 2. The fourth-order valence-electron chi connectivity index (χ4n) is 3.52. The Morgan fingerprint density at radius 2 is 1.82 bits per heavy atom. The van der Waals surface area contributed by atoms with E-state index in [0.717, 1.165) is 0 Å². The van der Waals surface area contributed by atoms with Gasteiger partial charge in [0, 0.05) is 25.0 Å². The lowest BCUT2D eigenvalue weighted by Crippen LogP contribution is -2.48. The number of nitrogens with two attached hydrogens (primary N) is 1. The normalized spacial score (nSPS) is 17.3. The summed E-state index contributed by atoms with van der Waals surface area (Å²) in [6, 6.07) is 8.22. The number of amides is 1. The van der Waals surface area contributed by atoms with E-state index in [-0.39, 0.29) is 18.1 Å². The lowest BCUT2D eigenvalue weighted by Gasteiger charge is -2.36. The Bertz CT molecular complexity index is 1270. The molecule has 0 spiro atoms. The highest BCUT2D eigenvalue weighted by atomic mass is 19.1. The van der Waals surface area contributed by atoms with Crippen LogP contribution in [0.5, 0.6) is 0 Å². The number of pyridine rings is 2. The van der Waals surface area contributed by atoms with Gasteiger partial charge in [-0.15, -0.1) is 0 Å². The fourth-order valence-corrected chi connectivity index (χ4v) is 3.52. The molecule has 34 heavy (non-hydrogen) atoms. The van der Waals surface area contributed by atoms with Crippen molar-refractivity contribution in [1.29, 1.82) is 10.5 Å². The molecule has 4 N–H and O–H groups in total. The van der Waals surface area contributed by atoms with Crippen LogP contribution in [0.4, 0.5) is 27.7 Å². The monoisotopic (exact) mass is 458 g/mol. The van der Waals surface area contributed by atoms with Gasteiger partial charge in [-0.25, -0.2) is 24.3 Å². The third kappa shape index (κ3) is 4.97. The molecule has 3 aromatic rings. The average molecular weight is 458 g/mol. The van der Waals surface area contributed by atoms with E-state index in [9.17, 15) is 4.79 Å². The second-order valence-electron chi connectivity index (χ2n) is 7.53. The van der Waals surface area contributed by atoms with Gasteiger partial charge < -0.3 is 21.3 Å². The summed E-state index contributed by atoms with van der Waals surface area (Å²) in [4.78, 5) is 30.1. The van der Waals surface area contributed by atoms with E-state index in [1.54, 1.807) is 17.0 Å². The molecule has 4 rings (SSSR count). The predicted molar refractivity (Wildman–Crippen MR) is 121 cm³/mol. The number of nitriles is 2. The first-order chi connectivity index (χ1) is 16.5. The van der Waals surface area contributed by atoms with Crippen molar-refractivity contribution < 1.29 is 9.18 Å². The molecular weight excluding hydrogens is 439 g/mol. The van der Waals surface area contributed by atoms with Gasteiger partial charge in [0.05, 0.1) is 47.4 Å². The summed E-state index contributed by atoms with van der Waals surface area (Å²) >= 11 is 0. The number of primary amides is 1. The van der Waals surface area contributed by atoms with Crippen LogP contribution in [0.2, 0.25) is 0 Å². The number of carbonyl (C=O) groups is 1. The number of aromatic nitrogens is 4. The smallest absolute Gasteiger partial charge is 0.252 e. The van der Waals surface area contributed by atoms with Crippen molar-refractivity contribution in [3.63, 3.8) is 0 Å². The topological polar surface area (TPSA) is 170 Å². The molecule has 1 fully saturated rings. The summed E-state index contributed by atoms with van der Waals surface area (Å²) in [5, 5.41) is 23.7. The van der Waals surface area contributed by atoms with E-state index >= 15 is 4.39 Å². The zero-order valence-electron chi connectivity index (χ0n) is 17.8. The highest BCUT2D eigenvalue weighted by Crippen LogP contribution is 2.26. The Balaban J connectivity index is 1.48. The molecule has 1 aliphatic heterocycles. The maximum absolute atomic E-state index is 15.1. The molecule has 1 amide bonds. The Morgan fingerprint density at radius 1 is 1.09 bits per heavy atom. The zero-order valence-corrected chi connectivity index (χ0v) is 17.8. The van der Waals surface area contributed by atoms with Crippen molar-refractivity contribution in [3.05, 3.63) is 59.7 Å². The second-order valence-corrected chi connectivity index (χ2v) is 7.53. The van der Waals surface area contributed by atoms with Crippen LogP contribution in [0.25, 0.3) is 0 Å². The second kappa shape index (κ2) is 9.75. The quantitative estimate of drug-likeness (QED) is 0.495. The van der Waals surface area contributed by atoms with Crippen molar-refractivity contribution >= 4 is 29.2 Å². The fraction of sp³-hybridized carbons (Fsp3) is 0.227. The molecule has 170 valence electrons. The standard InChI is InChI=1S/C22H19FN10O/c23-16-12-33(20-2-1-13(6-24)8-28-20)4-3-17(16)31-18-5-19(27-11-15(18)21(26)34)32-22-29-9-14(7-25)10-30-22/h1-2,5,8-11,16-17H,3-4,12H2,(H2,26,34)(H2,27,29,30,31,32)/t16-,17+/m0/s1. The number of anilines is 4.